The second kappa shape index (κ2) is 5.62. The Morgan fingerprint density at radius 1 is 1.00 bits per heavy atom. The molecule has 2 rings (SSSR count). The van der Waals surface area contributed by atoms with E-state index in [9.17, 15) is 13.5 Å². The highest BCUT2D eigenvalue weighted by molar-refractivity contribution is 7.90. The summed E-state index contributed by atoms with van der Waals surface area (Å²) in [6.45, 7) is 12.2. The van der Waals surface area contributed by atoms with Crippen LogP contribution in [0.4, 0.5) is 0 Å². The average molecular weight is 350 g/mol. The van der Waals surface area contributed by atoms with Gasteiger partial charge in [-0.3, -0.25) is 0 Å². The molecule has 0 saturated carbocycles. The fourth-order valence-electron chi connectivity index (χ4n) is 2.57. The van der Waals surface area contributed by atoms with E-state index in [4.69, 9.17) is 0 Å². The van der Waals surface area contributed by atoms with Crippen molar-refractivity contribution in [2.75, 3.05) is 6.26 Å². The van der Waals surface area contributed by atoms with Gasteiger partial charge in [0.1, 0.15) is 5.75 Å². The van der Waals surface area contributed by atoms with Crippen molar-refractivity contribution in [1.82, 2.24) is 9.97 Å². The van der Waals surface area contributed by atoms with Gasteiger partial charge in [-0.15, -0.1) is 0 Å². The number of phenols is 1. The molecule has 0 spiro atoms. The van der Waals surface area contributed by atoms with Gasteiger partial charge in [-0.2, -0.15) is 0 Å². The number of nitrogens with one attached hydrogen (secondary N) is 1. The molecule has 1 heterocycles. The summed E-state index contributed by atoms with van der Waals surface area (Å²) >= 11 is 0. The molecule has 0 unspecified atom stereocenters. The minimum absolute atomic E-state index is 0.0554. The van der Waals surface area contributed by atoms with Crippen LogP contribution in [0.3, 0.4) is 0 Å². The molecule has 1 aromatic heterocycles. The highest BCUT2D eigenvalue weighted by Gasteiger charge is 2.27. The smallest absolute Gasteiger partial charge is 0.225 e. The van der Waals surface area contributed by atoms with Crippen molar-refractivity contribution in [2.45, 2.75) is 57.5 Å². The van der Waals surface area contributed by atoms with Gasteiger partial charge in [0.15, 0.2) is 0 Å². The molecule has 0 atom stereocenters. The largest absolute Gasteiger partial charge is 0.507 e. The number of benzene rings is 1. The molecule has 2 aromatic rings. The zero-order valence-corrected chi connectivity index (χ0v) is 16.2. The number of nitrogens with zero attached hydrogens (tertiary/aromatic N) is 1. The molecular formula is C18H26N2O3S. The summed E-state index contributed by atoms with van der Waals surface area (Å²) in [7, 11) is -3.39. The summed E-state index contributed by atoms with van der Waals surface area (Å²) < 4.78 is 23.3. The lowest BCUT2D eigenvalue weighted by molar-refractivity contribution is 0.423. The van der Waals surface area contributed by atoms with E-state index in [0.717, 1.165) is 22.9 Å². The van der Waals surface area contributed by atoms with Gasteiger partial charge in [-0.05, 0) is 23.0 Å². The Hall–Kier alpha value is -1.82. The minimum atomic E-state index is -3.39. The van der Waals surface area contributed by atoms with E-state index >= 15 is 0 Å². The van der Waals surface area contributed by atoms with Crippen LogP contribution < -0.4 is 0 Å². The highest BCUT2D eigenvalue weighted by Crippen LogP contribution is 2.41. The van der Waals surface area contributed by atoms with E-state index in [-0.39, 0.29) is 21.7 Å². The Labute approximate surface area is 144 Å². The zero-order chi connectivity index (χ0) is 18.5. The standard InChI is InChI=1S/C18H26N2O3S/c1-17(2,3)12-8-11(9-13(15(12)21)18(4,5)6)14-10-19-16(20-14)24(7,22)23/h8-10,21H,1-7H3,(H,19,20). The van der Waals surface area contributed by atoms with Crippen LogP contribution in [0.15, 0.2) is 23.5 Å². The summed E-state index contributed by atoms with van der Waals surface area (Å²) in [6.07, 6.45) is 2.70. The lowest BCUT2D eigenvalue weighted by Gasteiger charge is -2.28. The van der Waals surface area contributed by atoms with Crippen LogP contribution in [0, 0.1) is 0 Å². The third-order valence-electron chi connectivity index (χ3n) is 3.93. The topological polar surface area (TPSA) is 83.0 Å². The van der Waals surface area contributed by atoms with Crippen LogP contribution in [-0.2, 0) is 20.7 Å². The third-order valence-corrected chi connectivity index (χ3v) is 4.84. The number of hydrogen-bond acceptors (Lipinski definition) is 4. The van der Waals surface area contributed by atoms with Crippen molar-refractivity contribution in [1.29, 1.82) is 0 Å². The number of hydrogen-bond donors (Lipinski definition) is 2. The Balaban J connectivity index is 2.74. The van der Waals surface area contributed by atoms with E-state index in [2.05, 4.69) is 9.97 Å². The molecule has 0 radical (unpaired) electrons. The van der Waals surface area contributed by atoms with Gasteiger partial charge in [0.25, 0.3) is 0 Å². The molecule has 5 nitrogen and oxygen atoms in total. The molecule has 0 bridgehead atoms. The monoisotopic (exact) mass is 350 g/mol. The molecule has 0 saturated heterocycles. The average Bonchev–Trinajstić information content (AvgIpc) is 2.85. The molecule has 0 aliphatic rings. The Bertz CT molecular complexity index is 831. The Morgan fingerprint density at radius 3 is 1.79 bits per heavy atom. The van der Waals surface area contributed by atoms with Crippen molar-refractivity contribution in [3.8, 4) is 17.0 Å². The number of imidazole rings is 1. The summed E-state index contributed by atoms with van der Waals surface area (Å²) in [6, 6.07) is 3.76. The molecular weight excluding hydrogens is 324 g/mol. The lowest BCUT2D eigenvalue weighted by atomic mass is 9.78. The zero-order valence-electron chi connectivity index (χ0n) is 15.4. The normalized spacial score (nSPS) is 13.3. The first-order valence-electron chi connectivity index (χ1n) is 7.85. The number of aromatic hydroxyl groups is 1. The first kappa shape index (κ1) is 18.5. The Kier molecular flexibility index (Phi) is 4.34. The van der Waals surface area contributed by atoms with E-state index in [1.54, 1.807) is 6.20 Å². The van der Waals surface area contributed by atoms with Crippen LogP contribution in [0.2, 0.25) is 0 Å². The van der Waals surface area contributed by atoms with E-state index in [0.29, 0.717) is 5.69 Å². The van der Waals surface area contributed by atoms with Crippen molar-refractivity contribution in [2.24, 2.45) is 0 Å². The number of aromatic nitrogens is 2. The number of sulfone groups is 1. The van der Waals surface area contributed by atoms with E-state index in [1.165, 1.54) is 0 Å². The van der Waals surface area contributed by atoms with Gasteiger partial charge < -0.3 is 10.1 Å². The maximum atomic E-state index is 11.7. The van der Waals surface area contributed by atoms with E-state index < -0.39 is 9.84 Å². The molecule has 0 aliphatic heterocycles. The van der Waals surface area contributed by atoms with Crippen molar-refractivity contribution < 1.29 is 13.5 Å². The number of phenolic OH excluding ortho intramolecular Hbond substituents is 1. The quantitative estimate of drug-likeness (QED) is 0.863. The van der Waals surface area contributed by atoms with Gasteiger partial charge in [0.05, 0.1) is 5.69 Å². The third kappa shape index (κ3) is 3.64. The van der Waals surface area contributed by atoms with Crippen LogP contribution in [0.1, 0.15) is 52.7 Å². The fraction of sp³-hybridized carbons (Fsp3) is 0.500. The van der Waals surface area contributed by atoms with Gasteiger partial charge in [0, 0.05) is 29.1 Å². The second-order valence-electron chi connectivity index (χ2n) is 8.28. The van der Waals surface area contributed by atoms with Gasteiger partial charge in [-0.1, -0.05) is 41.5 Å². The van der Waals surface area contributed by atoms with Gasteiger partial charge in [0.2, 0.25) is 15.0 Å². The molecule has 6 heteroatoms. The van der Waals surface area contributed by atoms with Crippen LogP contribution in [0.25, 0.3) is 11.3 Å². The predicted octanol–water partition coefficient (Wildman–Crippen LogP) is 3.78. The molecule has 1 aromatic carbocycles. The first-order valence-corrected chi connectivity index (χ1v) is 9.74. The van der Waals surface area contributed by atoms with Gasteiger partial charge in [-0.25, -0.2) is 13.4 Å². The number of H-pyrrole nitrogens is 1. The van der Waals surface area contributed by atoms with Crippen LogP contribution in [-0.4, -0.2) is 29.7 Å². The van der Waals surface area contributed by atoms with E-state index in [1.807, 2.05) is 53.7 Å². The van der Waals surface area contributed by atoms with Gasteiger partial charge >= 0.3 is 0 Å². The summed E-state index contributed by atoms with van der Waals surface area (Å²) in [5, 5.41) is 10.7. The van der Waals surface area contributed by atoms with Crippen molar-refractivity contribution >= 4 is 9.84 Å². The summed E-state index contributed by atoms with van der Waals surface area (Å²) in [5.41, 5.74) is 2.45. The van der Waals surface area contributed by atoms with Crippen LogP contribution in [0.5, 0.6) is 5.75 Å². The molecule has 0 amide bonds. The predicted molar refractivity (Wildman–Crippen MR) is 96.2 cm³/mol. The second-order valence-corrected chi connectivity index (χ2v) is 10.2. The highest BCUT2D eigenvalue weighted by atomic mass is 32.2. The first-order chi connectivity index (χ1) is 10.7. The number of rotatable bonds is 2. The summed E-state index contributed by atoms with van der Waals surface area (Å²) in [4.78, 5) is 6.92. The maximum absolute atomic E-state index is 11.7. The van der Waals surface area contributed by atoms with Crippen LogP contribution >= 0.6 is 0 Å². The number of aromatic amines is 1. The molecule has 24 heavy (non-hydrogen) atoms. The fourth-order valence-corrected chi connectivity index (χ4v) is 3.10. The minimum Gasteiger partial charge on any atom is -0.507 e. The summed E-state index contributed by atoms with van der Waals surface area (Å²) in [5.74, 6) is 0.289. The lowest BCUT2D eigenvalue weighted by Crippen LogP contribution is -2.17. The molecule has 132 valence electrons. The maximum Gasteiger partial charge on any atom is 0.225 e. The molecule has 0 fully saturated rings. The molecule has 0 aliphatic carbocycles. The Morgan fingerprint density at radius 2 is 1.46 bits per heavy atom. The van der Waals surface area contributed by atoms with Crippen molar-refractivity contribution in [3.63, 3.8) is 0 Å². The molecule has 2 N–H and O–H groups in total. The van der Waals surface area contributed by atoms with Crippen molar-refractivity contribution in [3.05, 3.63) is 29.5 Å². The SMILES string of the molecule is CC(C)(C)c1cc(-c2c[nH]c(S(C)(=O)=O)n2)cc(C(C)(C)C)c1O.